The number of hydrogen-bond acceptors (Lipinski definition) is 4. The molecule has 2 aromatic rings. The zero-order valence-corrected chi connectivity index (χ0v) is 12.8. The van der Waals surface area contributed by atoms with Crippen molar-refractivity contribution in [1.29, 1.82) is 0 Å². The minimum atomic E-state index is -0.234. The Bertz CT molecular complexity index is 503. The Hall–Kier alpha value is -1.23. The van der Waals surface area contributed by atoms with Gasteiger partial charge in [-0.05, 0) is 47.0 Å². The molecule has 0 amide bonds. The minimum absolute atomic E-state index is 0. The number of aryl methyl sites for hydroxylation is 1. The molecular formula is C14H18ClNO2S. The summed E-state index contributed by atoms with van der Waals surface area (Å²) in [7, 11) is 3.30. The van der Waals surface area contributed by atoms with Gasteiger partial charge in [-0.25, -0.2) is 0 Å². The Balaban J connectivity index is 0.00000180. The van der Waals surface area contributed by atoms with Gasteiger partial charge in [-0.1, -0.05) is 0 Å². The van der Waals surface area contributed by atoms with E-state index in [2.05, 4.69) is 0 Å². The zero-order chi connectivity index (χ0) is 13.1. The van der Waals surface area contributed by atoms with Crippen molar-refractivity contribution < 1.29 is 9.47 Å². The highest BCUT2D eigenvalue weighted by atomic mass is 35.5. The lowest BCUT2D eigenvalue weighted by Crippen LogP contribution is -2.14. The molecule has 0 bridgehead atoms. The summed E-state index contributed by atoms with van der Waals surface area (Å²) in [5.41, 5.74) is 9.36. The fourth-order valence-electron chi connectivity index (χ4n) is 2.00. The summed E-state index contributed by atoms with van der Waals surface area (Å²) in [5, 5.41) is 4.06. The predicted octanol–water partition coefficient (Wildman–Crippen LogP) is 3.54. The monoisotopic (exact) mass is 299 g/mol. The standard InChI is InChI=1S/C14H17NO2S.ClH/c1-9-6-11(16-2)13(12(7-9)17-3)14(15)10-4-5-18-8-10;/h4-8,14H,15H2,1-3H3;1H/t14-;/m1./s1. The first-order chi connectivity index (χ1) is 8.67. The van der Waals surface area contributed by atoms with Gasteiger partial charge in [-0.2, -0.15) is 11.3 Å². The Kier molecular flexibility index (Phi) is 5.66. The number of nitrogens with two attached hydrogens (primary N) is 1. The van der Waals surface area contributed by atoms with Crippen LogP contribution in [0.3, 0.4) is 0 Å². The maximum absolute atomic E-state index is 6.31. The second-order valence-corrected chi connectivity index (χ2v) is 4.90. The van der Waals surface area contributed by atoms with E-state index < -0.39 is 0 Å². The summed E-state index contributed by atoms with van der Waals surface area (Å²) < 4.78 is 10.9. The van der Waals surface area contributed by atoms with E-state index in [0.717, 1.165) is 28.2 Å². The van der Waals surface area contributed by atoms with Gasteiger partial charge in [0.25, 0.3) is 0 Å². The lowest BCUT2D eigenvalue weighted by atomic mass is 9.98. The van der Waals surface area contributed by atoms with Gasteiger partial charge < -0.3 is 15.2 Å². The number of benzene rings is 1. The van der Waals surface area contributed by atoms with Gasteiger partial charge in [0.15, 0.2) is 0 Å². The molecule has 1 aromatic heterocycles. The highest BCUT2D eigenvalue weighted by molar-refractivity contribution is 7.08. The van der Waals surface area contributed by atoms with Gasteiger partial charge in [0.2, 0.25) is 0 Å². The van der Waals surface area contributed by atoms with Crippen LogP contribution in [0.5, 0.6) is 11.5 Å². The van der Waals surface area contributed by atoms with E-state index in [1.165, 1.54) is 0 Å². The summed E-state index contributed by atoms with van der Waals surface area (Å²) >= 11 is 1.63. The molecular weight excluding hydrogens is 282 g/mol. The fourth-order valence-corrected chi connectivity index (χ4v) is 2.69. The molecule has 0 fully saturated rings. The van der Waals surface area contributed by atoms with Crippen molar-refractivity contribution in [3.05, 3.63) is 45.6 Å². The smallest absolute Gasteiger partial charge is 0.127 e. The molecule has 0 aliphatic rings. The van der Waals surface area contributed by atoms with Crippen LogP contribution >= 0.6 is 23.7 Å². The molecule has 19 heavy (non-hydrogen) atoms. The summed E-state index contributed by atoms with van der Waals surface area (Å²) in [6, 6.07) is 5.74. The van der Waals surface area contributed by atoms with Crippen LogP contribution in [0, 0.1) is 6.92 Å². The second kappa shape index (κ2) is 6.80. The highest BCUT2D eigenvalue weighted by Crippen LogP contribution is 2.37. The van der Waals surface area contributed by atoms with Crippen molar-refractivity contribution in [1.82, 2.24) is 0 Å². The molecule has 1 atom stereocenters. The third-order valence-electron chi connectivity index (χ3n) is 2.90. The first-order valence-corrected chi connectivity index (χ1v) is 6.62. The SMILES string of the molecule is COc1cc(C)cc(OC)c1[C@H](N)c1ccsc1.Cl. The Labute approximate surface area is 123 Å². The molecule has 0 saturated heterocycles. The van der Waals surface area contributed by atoms with Crippen LogP contribution in [0.2, 0.25) is 0 Å². The maximum atomic E-state index is 6.31. The van der Waals surface area contributed by atoms with Crippen LogP contribution in [0.4, 0.5) is 0 Å². The first-order valence-electron chi connectivity index (χ1n) is 5.67. The molecule has 0 radical (unpaired) electrons. The molecule has 2 N–H and O–H groups in total. The van der Waals surface area contributed by atoms with Crippen LogP contribution in [0.25, 0.3) is 0 Å². The number of methoxy groups -OCH3 is 2. The topological polar surface area (TPSA) is 44.5 Å². The van der Waals surface area contributed by atoms with E-state index in [4.69, 9.17) is 15.2 Å². The maximum Gasteiger partial charge on any atom is 0.127 e. The molecule has 1 heterocycles. The molecule has 104 valence electrons. The first kappa shape index (κ1) is 15.8. The van der Waals surface area contributed by atoms with Gasteiger partial charge in [0.1, 0.15) is 11.5 Å². The molecule has 0 spiro atoms. The Morgan fingerprint density at radius 2 is 1.74 bits per heavy atom. The third-order valence-corrected chi connectivity index (χ3v) is 3.60. The number of thiophene rings is 1. The number of rotatable bonds is 4. The minimum Gasteiger partial charge on any atom is -0.496 e. The van der Waals surface area contributed by atoms with E-state index in [9.17, 15) is 0 Å². The van der Waals surface area contributed by atoms with Gasteiger partial charge >= 0.3 is 0 Å². The fraction of sp³-hybridized carbons (Fsp3) is 0.286. The lowest BCUT2D eigenvalue weighted by molar-refractivity contribution is 0.382. The van der Waals surface area contributed by atoms with Crippen LogP contribution in [-0.4, -0.2) is 14.2 Å². The van der Waals surface area contributed by atoms with Gasteiger partial charge in [-0.15, -0.1) is 12.4 Å². The van der Waals surface area contributed by atoms with E-state index in [1.54, 1.807) is 25.6 Å². The van der Waals surface area contributed by atoms with Gasteiger partial charge in [0, 0.05) is 0 Å². The molecule has 0 aliphatic heterocycles. The largest absolute Gasteiger partial charge is 0.496 e. The van der Waals surface area contributed by atoms with E-state index in [0.29, 0.717) is 0 Å². The lowest BCUT2D eigenvalue weighted by Gasteiger charge is -2.19. The van der Waals surface area contributed by atoms with Crippen LogP contribution in [0.15, 0.2) is 29.0 Å². The Morgan fingerprint density at radius 3 is 2.16 bits per heavy atom. The van der Waals surface area contributed by atoms with Crippen molar-refractivity contribution in [3.8, 4) is 11.5 Å². The van der Waals surface area contributed by atoms with Crippen LogP contribution < -0.4 is 15.2 Å². The average molecular weight is 300 g/mol. The molecule has 1 aromatic carbocycles. The molecule has 0 unspecified atom stereocenters. The van der Waals surface area contributed by atoms with Crippen LogP contribution in [-0.2, 0) is 0 Å². The van der Waals surface area contributed by atoms with E-state index in [1.807, 2.05) is 35.9 Å². The van der Waals surface area contributed by atoms with Crippen LogP contribution in [0.1, 0.15) is 22.7 Å². The van der Waals surface area contributed by atoms with Crippen molar-refractivity contribution in [3.63, 3.8) is 0 Å². The van der Waals surface area contributed by atoms with Gasteiger partial charge in [-0.3, -0.25) is 0 Å². The zero-order valence-electron chi connectivity index (χ0n) is 11.2. The van der Waals surface area contributed by atoms with Crippen molar-refractivity contribution in [2.75, 3.05) is 14.2 Å². The predicted molar refractivity (Wildman–Crippen MR) is 81.9 cm³/mol. The quantitative estimate of drug-likeness (QED) is 0.939. The molecule has 3 nitrogen and oxygen atoms in total. The Morgan fingerprint density at radius 1 is 1.16 bits per heavy atom. The second-order valence-electron chi connectivity index (χ2n) is 4.12. The normalized spacial score (nSPS) is 11.6. The summed E-state index contributed by atoms with van der Waals surface area (Å²) in [6.07, 6.45) is 0. The van der Waals surface area contributed by atoms with Crippen molar-refractivity contribution >= 4 is 23.7 Å². The molecule has 0 saturated carbocycles. The van der Waals surface area contributed by atoms with Crippen molar-refractivity contribution in [2.45, 2.75) is 13.0 Å². The molecule has 5 heteroatoms. The number of ether oxygens (including phenoxy) is 2. The molecule has 2 rings (SSSR count). The van der Waals surface area contributed by atoms with Crippen molar-refractivity contribution in [2.24, 2.45) is 5.73 Å². The van der Waals surface area contributed by atoms with E-state index in [-0.39, 0.29) is 18.4 Å². The number of halogens is 1. The van der Waals surface area contributed by atoms with E-state index >= 15 is 0 Å². The van der Waals surface area contributed by atoms with Gasteiger partial charge in [0.05, 0.1) is 25.8 Å². The summed E-state index contributed by atoms with van der Waals surface area (Å²) in [6.45, 7) is 2.00. The molecule has 0 aliphatic carbocycles. The number of hydrogen-bond donors (Lipinski definition) is 1. The summed E-state index contributed by atoms with van der Waals surface area (Å²) in [5.74, 6) is 1.54. The average Bonchev–Trinajstić information content (AvgIpc) is 2.90. The summed E-state index contributed by atoms with van der Waals surface area (Å²) in [4.78, 5) is 0. The third kappa shape index (κ3) is 3.21. The highest BCUT2D eigenvalue weighted by Gasteiger charge is 2.20.